The maximum atomic E-state index is 4.06. The lowest BCUT2D eigenvalue weighted by Crippen LogP contribution is -2.33. The van der Waals surface area contributed by atoms with Gasteiger partial charge in [0.1, 0.15) is 0 Å². The lowest BCUT2D eigenvalue weighted by molar-refractivity contribution is 0.212. The summed E-state index contributed by atoms with van der Waals surface area (Å²) < 4.78 is 0. The summed E-state index contributed by atoms with van der Waals surface area (Å²) >= 11 is 0. The fourth-order valence-electron chi connectivity index (χ4n) is 2.35. The summed E-state index contributed by atoms with van der Waals surface area (Å²) in [6.45, 7) is 0.861. The topological polar surface area (TPSA) is 16.1 Å². The van der Waals surface area contributed by atoms with E-state index in [4.69, 9.17) is 0 Å². The average molecular weight is 228 g/mol. The molecule has 90 valence electrons. The first kappa shape index (κ1) is 12.1. The lowest BCUT2D eigenvalue weighted by Gasteiger charge is -2.29. The molecule has 0 aromatic carbocycles. The Kier molecular flexibility index (Phi) is 4.58. The van der Waals surface area contributed by atoms with Gasteiger partial charge in [0.2, 0.25) is 0 Å². The molecule has 0 unspecified atom stereocenters. The molecular weight excluding hydrogens is 208 g/mol. The van der Waals surface area contributed by atoms with E-state index in [1.807, 2.05) is 18.3 Å². The minimum Gasteiger partial charge on any atom is -0.292 e. The zero-order chi connectivity index (χ0) is 11.9. The lowest BCUT2D eigenvalue weighted by atomic mass is 9.94. The molecule has 0 bridgehead atoms. The van der Waals surface area contributed by atoms with E-state index in [0.29, 0.717) is 0 Å². The van der Waals surface area contributed by atoms with E-state index >= 15 is 0 Å². The van der Waals surface area contributed by atoms with Gasteiger partial charge in [-0.1, -0.05) is 31.1 Å². The minimum atomic E-state index is 0.743. The first-order valence-corrected chi connectivity index (χ1v) is 6.45. The Hall–Kier alpha value is -1.33. The molecule has 2 heteroatoms. The molecule has 1 aliphatic rings. The van der Waals surface area contributed by atoms with Crippen LogP contribution in [0.1, 0.15) is 37.7 Å². The van der Waals surface area contributed by atoms with Crippen molar-refractivity contribution in [3.63, 3.8) is 0 Å². The molecule has 1 saturated carbocycles. The van der Waals surface area contributed by atoms with E-state index in [2.05, 4.69) is 28.8 Å². The standard InChI is InChI=1S/C15H20N2/c1-17(15-9-3-2-4-10-15)12-6-8-14-7-5-11-16-13-14/h5,7,11,13,15H,2-4,9-10,12H2,1H3. The van der Waals surface area contributed by atoms with Gasteiger partial charge >= 0.3 is 0 Å². The molecule has 1 fully saturated rings. The zero-order valence-corrected chi connectivity index (χ0v) is 10.5. The van der Waals surface area contributed by atoms with Crippen LogP contribution in [0.5, 0.6) is 0 Å². The second kappa shape index (κ2) is 6.42. The molecule has 0 amide bonds. The summed E-state index contributed by atoms with van der Waals surface area (Å²) in [6, 6.07) is 4.67. The van der Waals surface area contributed by atoms with Crippen molar-refractivity contribution in [3.8, 4) is 11.8 Å². The number of hydrogen-bond acceptors (Lipinski definition) is 2. The van der Waals surface area contributed by atoms with E-state index in [1.54, 1.807) is 6.20 Å². The summed E-state index contributed by atoms with van der Waals surface area (Å²) in [5.74, 6) is 6.40. The quantitative estimate of drug-likeness (QED) is 0.724. The fourth-order valence-corrected chi connectivity index (χ4v) is 2.35. The molecule has 1 aliphatic carbocycles. The number of rotatable bonds is 2. The number of aromatic nitrogens is 1. The Labute approximate surface area is 104 Å². The molecule has 2 rings (SSSR count). The highest BCUT2D eigenvalue weighted by Crippen LogP contribution is 2.21. The van der Waals surface area contributed by atoms with Crippen LogP contribution in [0.3, 0.4) is 0 Å². The Morgan fingerprint density at radius 3 is 2.88 bits per heavy atom. The Morgan fingerprint density at radius 2 is 2.18 bits per heavy atom. The van der Waals surface area contributed by atoms with Gasteiger partial charge in [0.25, 0.3) is 0 Å². The predicted octanol–water partition coefficient (Wildman–Crippen LogP) is 2.70. The smallest absolute Gasteiger partial charge is 0.0605 e. The summed E-state index contributed by atoms with van der Waals surface area (Å²) in [4.78, 5) is 6.45. The zero-order valence-electron chi connectivity index (χ0n) is 10.5. The Balaban J connectivity index is 1.83. The molecule has 2 nitrogen and oxygen atoms in total. The van der Waals surface area contributed by atoms with Crippen LogP contribution in [0, 0.1) is 11.8 Å². The van der Waals surface area contributed by atoms with E-state index in [-0.39, 0.29) is 0 Å². The van der Waals surface area contributed by atoms with Crippen molar-refractivity contribution in [2.24, 2.45) is 0 Å². The largest absolute Gasteiger partial charge is 0.292 e. The van der Waals surface area contributed by atoms with Crippen LogP contribution in [-0.4, -0.2) is 29.5 Å². The van der Waals surface area contributed by atoms with Crippen molar-refractivity contribution < 1.29 is 0 Å². The van der Waals surface area contributed by atoms with E-state index in [1.165, 1.54) is 32.1 Å². The molecule has 0 aliphatic heterocycles. The van der Waals surface area contributed by atoms with Crippen LogP contribution in [0.4, 0.5) is 0 Å². The highest BCUT2D eigenvalue weighted by molar-refractivity contribution is 5.31. The molecule has 0 spiro atoms. The van der Waals surface area contributed by atoms with E-state index < -0.39 is 0 Å². The van der Waals surface area contributed by atoms with Gasteiger partial charge in [0.05, 0.1) is 6.54 Å². The normalized spacial score (nSPS) is 16.6. The van der Waals surface area contributed by atoms with Gasteiger partial charge in [-0.15, -0.1) is 0 Å². The number of nitrogens with zero attached hydrogens (tertiary/aromatic N) is 2. The van der Waals surface area contributed by atoms with Crippen molar-refractivity contribution in [3.05, 3.63) is 30.1 Å². The molecule has 1 aromatic rings. The van der Waals surface area contributed by atoms with Gasteiger partial charge in [-0.05, 0) is 32.0 Å². The van der Waals surface area contributed by atoms with Crippen molar-refractivity contribution in [2.45, 2.75) is 38.1 Å². The van der Waals surface area contributed by atoms with Crippen molar-refractivity contribution in [1.82, 2.24) is 9.88 Å². The first-order chi connectivity index (χ1) is 8.36. The van der Waals surface area contributed by atoms with Crippen LogP contribution in [-0.2, 0) is 0 Å². The minimum absolute atomic E-state index is 0.743. The van der Waals surface area contributed by atoms with Crippen LogP contribution >= 0.6 is 0 Å². The van der Waals surface area contributed by atoms with Crippen molar-refractivity contribution in [1.29, 1.82) is 0 Å². The van der Waals surface area contributed by atoms with Crippen LogP contribution in [0.2, 0.25) is 0 Å². The van der Waals surface area contributed by atoms with Gasteiger partial charge < -0.3 is 0 Å². The van der Waals surface area contributed by atoms with Crippen LogP contribution < -0.4 is 0 Å². The van der Waals surface area contributed by atoms with Gasteiger partial charge in [-0.25, -0.2) is 0 Å². The van der Waals surface area contributed by atoms with Gasteiger partial charge in [0, 0.05) is 24.0 Å². The number of pyridine rings is 1. The number of hydrogen-bond donors (Lipinski definition) is 0. The third kappa shape index (κ3) is 3.87. The van der Waals surface area contributed by atoms with Gasteiger partial charge in [-0.2, -0.15) is 0 Å². The monoisotopic (exact) mass is 228 g/mol. The van der Waals surface area contributed by atoms with Crippen molar-refractivity contribution >= 4 is 0 Å². The molecule has 0 N–H and O–H groups in total. The molecule has 0 radical (unpaired) electrons. The molecule has 17 heavy (non-hydrogen) atoms. The maximum absolute atomic E-state index is 4.06. The molecule has 0 saturated heterocycles. The van der Waals surface area contributed by atoms with Gasteiger partial charge in [-0.3, -0.25) is 9.88 Å². The first-order valence-electron chi connectivity index (χ1n) is 6.45. The summed E-state index contributed by atoms with van der Waals surface area (Å²) in [5, 5.41) is 0. The summed E-state index contributed by atoms with van der Waals surface area (Å²) in [7, 11) is 2.19. The Morgan fingerprint density at radius 1 is 1.35 bits per heavy atom. The average Bonchev–Trinajstić information content (AvgIpc) is 2.41. The molecule has 1 aromatic heterocycles. The third-order valence-electron chi connectivity index (χ3n) is 3.42. The van der Waals surface area contributed by atoms with Crippen LogP contribution in [0.15, 0.2) is 24.5 Å². The second-order valence-corrected chi connectivity index (χ2v) is 4.75. The summed E-state index contributed by atoms with van der Waals surface area (Å²) in [6.07, 6.45) is 10.4. The van der Waals surface area contributed by atoms with E-state index in [9.17, 15) is 0 Å². The Bertz CT molecular complexity index is 382. The SMILES string of the molecule is CN(CC#Cc1cccnc1)C1CCCCC1. The second-order valence-electron chi connectivity index (χ2n) is 4.75. The highest BCUT2D eigenvalue weighted by atomic mass is 15.1. The van der Waals surface area contributed by atoms with Crippen molar-refractivity contribution in [2.75, 3.05) is 13.6 Å². The maximum Gasteiger partial charge on any atom is 0.0605 e. The molecule has 1 heterocycles. The molecular formula is C15H20N2. The molecule has 0 atom stereocenters. The highest BCUT2D eigenvalue weighted by Gasteiger charge is 2.16. The van der Waals surface area contributed by atoms with Gasteiger partial charge in [0.15, 0.2) is 0 Å². The fraction of sp³-hybridized carbons (Fsp3) is 0.533. The predicted molar refractivity (Wildman–Crippen MR) is 70.6 cm³/mol. The summed E-state index contributed by atoms with van der Waals surface area (Å²) in [5.41, 5.74) is 1.00. The van der Waals surface area contributed by atoms with E-state index in [0.717, 1.165) is 18.2 Å². The van der Waals surface area contributed by atoms with Crippen LogP contribution in [0.25, 0.3) is 0 Å². The third-order valence-corrected chi connectivity index (χ3v) is 3.42.